The smallest absolute Gasteiger partial charge is 0.0827 e. The van der Waals surface area contributed by atoms with Crippen LogP contribution in [0.3, 0.4) is 0 Å². The molecule has 2 aromatic rings. The molecule has 0 amide bonds. The topological polar surface area (TPSA) is 25.2 Å². The zero-order chi connectivity index (χ0) is 12.3. The van der Waals surface area contributed by atoms with Crippen molar-refractivity contribution in [1.29, 1.82) is 0 Å². The second-order valence-corrected chi connectivity index (χ2v) is 5.53. The molecule has 0 spiro atoms. The van der Waals surface area contributed by atoms with E-state index in [2.05, 4.69) is 27.6 Å². The average Bonchev–Trinajstić information content (AvgIpc) is 2.96. The minimum Gasteiger partial charge on any atom is -0.388 e. The normalized spacial score (nSPS) is 13.2. The van der Waals surface area contributed by atoms with Gasteiger partial charge in [-0.05, 0) is 46.4 Å². The number of thiophene rings is 1. The van der Waals surface area contributed by atoms with E-state index in [1.54, 1.807) is 11.3 Å². The molecule has 0 aliphatic rings. The molecule has 1 atom stereocenters. The van der Waals surface area contributed by atoms with Crippen LogP contribution in [0.15, 0.2) is 35.3 Å². The first-order valence-corrected chi connectivity index (χ1v) is 6.96. The van der Waals surface area contributed by atoms with Gasteiger partial charge in [-0.1, -0.05) is 13.8 Å². The molecule has 0 radical (unpaired) electrons. The Morgan fingerprint density at radius 2 is 2.18 bits per heavy atom. The summed E-state index contributed by atoms with van der Waals surface area (Å²) in [6.45, 7) is 5.04. The Balaban J connectivity index is 1.94. The third kappa shape index (κ3) is 3.20. The molecule has 0 aliphatic carbocycles. The van der Waals surface area contributed by atoms with Crippen LogP contribution in [0.2, 0.25) is 0 Å². The zero-order valence-corrected chi connectivity index (χ0v) is 11.2. The maximum Gasteiger partial charge on any atom is 0.0827 e. The molecule has 0 aromatic carbocycles. The number of aliphatic hydroxyl groups excluding tert-OH is 1. The minimum atomic E-state index is -0.350. The van der Waals surface area contributed by atoms with E-state index in [0.29, 0.717) is 0 Å². The van der Waals surface area contributed by atoms with Crippen LogP contribution in [0.4, 0.5) is 0 Å². The highest BCUT2D eigenvalue weighted by Gasteiger charge is 2.12. The van der Waals surface area contributed by atoms with Gasteiger partial charge in [0.15, 0.2) is 0 Å². The summed E-state index contributed by atoms with van der Waals surface area (Å²) in [7, 11) is 0. The van der Waals surface area contributed by atoms with E-state index < -0.39 is 0 Å². The third-order valence-electron chi connectivity index (χ3n) is 2.99. The minimum absolute atomic E-state index is 0.266. The second kappa shape index (κ2) is 5.52. The first kappa shape index (κ1) is 12.4. The summed E-state index contributed by atoms with van der Waals surface area (Å²) in [5.41, 5.74) is 2.40. The zero-order valence-electron chi connectivity index (χ0n) is 10.3. The summed E-state index contributed by atoms with van der Waals surface area (Å²) in [5, 5.41) is 14.2. The van der Waals surface area contributed by atoms with Crippen molar-refractivity contribution in [3.05, 3.63) is 46.4 Å². The summed E-state index contributed by atoms with van der Waals surface area (Å²) in [6.07, 6.45) is 4.80. The summed E-state index contributed by atoms with van der Waals surface area (Å²) < 4.78 is 2.15. The predicted octanol–water partition coefficient (Wildman–Crippen LogP) is 3.48. The maximum atomic E-state index is 9.95. The Labute approximate surface area is 107 Å². The second-order valence-electron chi connectivity index (χ2n) is 4.75. The van der Waals surface area contributed by atoms with E-state index >= 15 is 0 Å². The van der Waals surface area contributed by atoms with Gasteiger partial charge in [0.05, 0.1) is 6.10 Å². The van der Waals surface area contributed by atoms with Crippen LogP contribution in [0, 0.1) is 5.92 Å². The molecule has 2 nitrogen and oxygen atoms in total. The quantitative estimate of drug-likeness (QED) is 0.862. The number of aliphatic hydroxyl groups is 1. The molecule has 0 saturated heterocycles. The predicted molar refractivity (Wildman–Crippen MR) is 72.3 cm³/mol. The lowest BCUT2D eigenvalue weighted by Gasteiger charge is -2.12. The van der Waals surface area contributed by atoms with Crippen LogP contribution in [0.1, 0.15) is 31.1 Å². The number of nitrogens with zero attached hydrogens (tertiary/aromatic N) is 1. The molecular weight excluding hydrogens is 230 g/mol. The molecule has 0 bridgehead atoms. The molecule has 3 heteroatoms. The van der Waals surface area contributed by atoms with Gasteiger partial charge in [0.25, 0.3) is 0 Å². The summed E-state index contributed by atoms with van der Waals surface area (Å²) in [4.78, 5) is 0. The molecule has 92 valence electrons. The molecule has 2 rings (SSSR count). The van der Waals surface area contributed by atoms with Crippen molar-refractivity contribution in [2.45, 2.75) is 32.9 Å². The lowest BCUT2D eigenvalue weighted by Crippen LogP contribution is -2.04. The standard InChI is InChI=1S/C14H19NOS/c1-11(2)14(16)13-4-7-15(9-13)6-3-12-5-8-17-10-12/h4-5,7-11,14,16H,3,6H2,1-2H3. The average molecular weight is 249 g/mol. The van der Waals surface area contributed by atoms with Crippen LogP contribution < -0.4 is 0 Å². The largest absolute Gasteiger partial charge is 0.388 e. The van der Waals surface area contributed by atoms with Gasteiger partial charge in [-0.3, -0.25) is 0 Å². The molecule has 2 heterocycles. The number of aromatic nitrogens is 1. The highest BCUT2D eigenvalue weighted by Crippen LogP contribution is 2.21. The van der Waals surface area contributed by atoms with Crippen molar-refractivity contribution < 1.29 is 5.11 Å². The van der Waals surface area contributed by atoms with E-state index in [0.717, 1.165) is 18.5 Å². The van der Waals surface area contributed by atoms with Crippen LogP contribution >= 0.6 is 11.3 Å². The summed E-state index contributed by atoms with van der Waals surface area (Å²) in [6, 6.07) is 4.18. The van der Waals surface area contributed by atoms with Crippen LogP contribution in [-0.2, 0) is 13.0 Å². The molecule has 1 unspecified atom stereocenters. The molecule has 0 saturated carbocycles. The molecule has 1 N–H and O–H groups in total. The number of rotatable bonds is 5. The third-order valence-corrected chi connectivity index (χ3v) is 3.72. The first-order chi connectivity index (χ1) is 8.16. The van der Waals surface area contributed by atoms with Crippen LogP contribution in [0.25, 0.3) is 0 Å². The van der Waals surface area contributed by atoms with E-state index in [1.807, 2.05) is 26.1 Å². The van der Waals surface area contributed by atoms with E-state index in [1.165, 1.54) is 5.56 Å². The monoisotopic (exact) mass is 249 g/mol. The molecule has 17 heavy (non-hydrogen) atoms. The number of aryl methyl sites for hydroxylation is 2. The number of hydrogen-bond acceptors (Lipinski definition) is 2. The van der Waals surface area contributed by atoms with E-state index in [4.69, 9.17) is 0 Å². The highest BCUT2D eigenvalue weighted by atomic mass is 32.1. The van der Waals surface area contributed by atoms with Crippen molar-refractivity contribution in [2.24, 2.45) is 5.92 Å². The Morgan fingerprint density at radius 1 is 1.35 bits per heavy atom. The lowest BCUT2D eigenvalue weighted by atomic mass is 10.0. The summed E-state index contributed by atoms with van der Waals surface area (Å²) in [5.74, 6) is 0.266. The van der Waals surface area contributed by atoms with Gasteiger partial charge in [-0.2, -0.15) is 11.3 Å². The van der Waals surface area contributed by atoms with Crippen LogP contribution in [-0.4, -0.2) is 9.67 Å². The molecule has 0 aliphatic heterocycles. The van der Waals surface area contributed by atoms with Gasteiger partial charge in [-0.15, -0.1) is 0 Å². The Bertz CT molecular complexity index is 444. The Hall–Kier alpha value is -1.06. The van der Waals surface area contributed by atoms with Gasteiger partial charge in [0, 0.05) is 18.9 Å². The van der Waals surface area contributed by atoms with Gasteiger partial charge in [0.2, 0.25) is 0 Å². The Morgan fingerprint density at radius 3 is 2.82 bits per heavy atom. The van der Waals surface area contributed by atoms with Crippen molar-refractivity contribution in [3.63, 3.8) is 0 Å². The van der Waals surface area contributed by atoms with Gasteiger partial charge in [0.1, 0.15) is 0 Å². The number of hydrogen-bond donors (Lipinski definition) is 1. The SMILES string of the molecule is CC(C)C(O)c1ccn(CCc2ccsc2)c1. The first-order valence-electron chi connectivity index (χ1n) is 6.01. The molecule has 0 fully saturated rings. The fraction of sp³-hybridized carbons (Fsp3) is 0.429. The van der Waals surface area contributed by atoms with Gasteiger partial charge < -0.3 is 9.67 Å². The van der Waals surface area contributed by atoms with Crippen molar-refractivity contribution in [2.75, 3.05) is 0 Å². The lowest BCUT2D eigenvalue weighted by molar-refractivity contribution is 0.127. The van der Waals surface area contributed by atoms with Crippen molar-refractivity contribution >= 4 is 11.3 Å². The van der Waals surface area contributed by atoms with Gasteiger partial charge in [-0.25, -0.2) is 0 Å². The molecule has 2 aromatic heterocycles. The summed E-state index contributed by atoms with van der Waals surface area (Å²) >= 11 is 1.74. The Kier molecular flexibility index (Phi) is 4.02. The highest BCUT2D eigenvalue weighted by molar-refractivity contribution is 7.07. The molecular formula is C14H19NOS. The van der Waals surface area contributed by atoms with Gasteiger partial charge >= 0.3 is 0 Å². The maximum absolute atomic E-state index is 9.95. The van der Waals surface area contributed by atoms with E-state index in [-0.39, 0.29) is 12.0 Å². The fourth-order valence-corrected chi connectivity index (χ4v) is 2.55. The van der Waals surface area contributed by atoms with Crippen LogP contribution in [0.5, 0.6) is 0 Å². The fourth-order valence-electron chi connectivity index (χ4n) is 1.85. The van der Waals surface area contributed by atoms with Crippen molar-refractivity contribution in [3.8, 4) is 0 Å². The van der Waals surface area contributed by atoms with E-state index in [9.17, 15) is 5.11 Å². The van der Waals surface area contributed by atoms with Crippen molar-refractivity contribution in [1.82, 2.24) is 4.57 Å².